The van der Waals surface area contributed by atoms with Crippen molar-refractivity contribution in [1.29, 1.82) is 0 Å². The monoisotopic (exact) mass is 517 g/mol. The second-order valence-corrected chi connectivity index (χ2v) is 9.16. The highest BCUT2D eigenvalue weighted by Gasteiger charge is 2.48. The Bertz CT molecular complexity index is 1430. The van der Waals surface area contributed by atoms with Gasteiger partial charge in [0.1, 0.15) is 23.3 Å². The van der Waals surface area contributed by atoms with E-state index in [-0.39, 0.29) is 18.7 Å². The maximum atomic E-state index is 15.2. The minimum absolute atomic E-state index is 0.0200. The topological polar surface area (TPSA) is 86.7 Å². The van der Waals surface area contributed by atoms with Crippen molar-refractivity contribution in [2.24, 2.45) is 0 Å². The molecule has 1 saturated heterocycles. The van der Waals surface area contributed by atoms with Crippen LogP contribution in [0.4, 0.5) is 25.1 Å². The van der Waals surface area contributed by atoms with Crippen LogP contribution >= 0.6 is 0 Å². The Morgan fingerprint density at radius 1 is 1.08 bits per heavy atom. The van der Waals surface area contributed by atoms with Gasteiger partial charge in [0.15, 0.2) is 11.6 Å². The van der Waals surface area contributed by atoms with Crippen molar-refractivity contribution in [3.05, 3.63) is 83.3 Å². The van der Waals surface area contributed by atoms with Gasteiger partial charge in [-0.1, -0.05) is 30.0 Å². The molecule has 0 saturated carbocycles. The molecule has 1 aliphatic heterocycles. The molecule has 1 atom stereocenters. The Morgan fingerprint density at radius 3 is 2.37 bits per heavy atom. The van der Waals surface area contributed by atoms with Crippen molar-refractivity contribution < 1.29 is 23.2 Å². The molecule has 2 heterocycles. The summed E-state index contributed by atoms with van der Waals surface area (Å²) < 4.78 is 30.4. The first-order chi connectivity index (χ1) is 18.1. The highest BCUT2D eigenvalue weighted by Crippen LogP contribution is 2.33. The summed E-state index contributed by atoms with van der Waals surface area (Å²) in [5.41, 5.74) is -0.899. The van der Waals surface area contributed by atoms with Crippen LogP contribution in [0.5, 0.6) is 0 Å². The average molecular weight is 518 g/mol. The van der Waals surface area contributed by atoms with Crippen molar-refractivity contribution >= 4 is 29.7 Å². The molecule has 0 N–H and O–H groups in total. The number of hydrogen-bond acceptors (Lipinski definition) is 6. The molecular formula is C28H25F2N5O3. The third-order valence-electron chi connectivity index (χ3n) is 6.21. The maximum absolute atomic E-state index is 15.2. The zero-order chi connectivity index (χ0) is 27.4. The van der Waals surface area contributed by atoms with Gasteiger partial charge >= 0.3 is 6.03 Å². The fourth-order valence-corrected chi connectivity index (χ4v) is 4.12. The Labute approximate surface area is 218 Å². The number of hydrogen-bond donors (Lipinski definition) is 0. The molecule has 38 heavy (non-hydrogen) atoms. The Balaban J connectivity index is 1.62. The van der Waals surface area contributed by atoms with Gasteiger partial charge in [-0.25, -0.2) is 23.5 Å². The van der Waals surface area contributed by atoms with Crippen molar-refractivity contribution in [1.82, 2.24) is 14.9 Å². The number of likely N-dealkylation sites (N-methyl/N-ethyl adjacent to an activating group) is 1. The number of nitrogens with zero attached hydrogens (tertiary/aromatic N) is 5. The lowest BCUT2D eigenvalue weighted by Crippen LogP contribution is -2.65. The first kappa shape index (κ1) is 26.4. The second-order valence-electron chi connectivity index (χ2n) is 9.16. The largest absolute Gasteiger partial charge is 0.357 e. The van der Waals surface area contributed by atoms with Gasteiger partial charge in [0.25, 0.3) is 0 Å². The number of rotatable bonds is 6. The summed E-state index contributed by atoms with van der Waals surface area (Å²) in [7, 11) is 1.73. The molecule has 10 heteroatoms. The van der Waals surface area contributed by atoms with E-state index in [9.17, 15) is 14.4 Å². The molecule has 1 aromatic heterocycles. The average Bonchev–Trinajstić information content (AvgIpc) is 2.89. The molecular weight excluding hydrogens is 492 g/mol. The standard InChI is InChI=1S/C28H25F2N5O3/c1-19-16-31-17-24(32-19)33(3)11-12-34-27(38)35(25(37)15-28(34,2)18-36)26-22(29)13-21(14-23(26)30)10-9-20-7-5-4-6-8-20/h4-8,13-14,16-18H,11-12,15H2,1-3H3. The predicted octanol–water partition coefficient (Wildman–Crippen LogP) is 3.72. The molecule has 3 aromatic rings. The zero-order valence-electron chi connectivity index (χ0n) is 21.1. The minimum atomic E-state index is -1.49. The summed E-state index contributed by atoms with van der Waals surface area (Å²) >= 11 is 0. The van der Waals surface area contributed by atoms with Crippen molar-refractivity contribution in [2.45, 2.75) is 25.8 Å². The van der Waals surface area contributed by atoms with Crippen molar-refractivity contribution in [3.8, 4) is 11.8 Å². The van der Waals surface area contributed by atoms with Gasteiger partial charge in [0.05, 0.1) is 18.3 Å². The highest BCUT2D eigenvalue weighted by atomic mass is 19.1. The molecule has 4 rings (SSSR count). The number of carbonyl (C=O) groups excluding carboxylic acids is 3. The first-order valence-electron chi connectivity index (χ1n) is 11.8. The number of amides is 3. The number of aldehydes is 1. The summed E-state index contributed by atoms with van der Waals surface area (Å²) in [5, 5.41) is 0. The lowest BCUT2D eigenvalue weighted by atomic mass is 9.93. The SMILES string of the molecule is Cc1cncc(N(C)CCN2C(=O)N(c3c(F)cc(C#Cc4ccccc4)cc3F)C(=O)CC2(C)C=O)n1. The van der Waals surface area contributed by atoms with Crippen molar-refractivity contribution in [2.75, 3.05) is 29.9 Å². The molecule has 0 aliphatic carbocycles. The molecule has 194 valence electrons. The van der Waals surface area contributed by atoms with E-state index in [1.54, 1.807) is 55.5 Å². The zero-order valence-corrected chi connectivity index (χ0v) is 21.1. The van der Waals surface area contributed by atoms with Crippen LogP contribution in [0.15, 0.2) is 54.9 Å². The summed E-state index contributed by atoms with van der Waals surface area (Å²) in [5.74, 6) is 2.91. The lowest BCUT2D eigenvalue weighted by molar-refractivity contribution is -0.128. The molecule has 1 unspecified atom stereocenters. The number of urea groups is 1. The van der Waals surface area contributed by atoms with E-state index in [4.69, 9.17) is 0 Å². The molecule has 2 aromatic carbocycles. The maximum Gasteiger partial charge on any atom is 0.332 e. The lowest BCUT2D eigenvalue weighted by Gasteiger charge is -2.44. The number of anilines is 2. The number of aryl methyl sites for hydroxylation is 1. The number of benzene rings is 2. The summed E-state index contributed by atoms with van der Waals surface area (Å²) in [6.07, 6.45) is 3.21. The van der Waals surface area contributed by atoms with E-state index in [0.717, 1.165) is 17.0 Å². The summed E-state index contributed by atoms with van der Waals surface area (Å²) in [6, 6.07) is 9.83. The van der Waals surface area contributed by atoms with Crippen LogP contribution in [0.2, 0.25) is 0 Å². The molecule has 0 spiro atoms. The third kappa shape index (κ3) is 5.37. The fraction of sp³-hybridized carbons (Fsp3) is 0.250. The fourth-order valence-electron chi connectivity index (χ4n) is 4.12. The van der Waals surface area contributed by atoms with Gasteiger partial charge in [-0.2, -0.15) is 0 Å². The summed E-state index contributed by atoms with van der Waals surface area (Å²) in [4.78, 5) is 50.2. The highest BCUT2D eigenvalue weighted by molar-refractivity contribution is 6.18. The minimum Gasteiger partial charge on any atom is -0.357 e. The first-order valence-corrected chi connectivity index (χ1v) is 11.8. The van der Waals surface area contributed by atoms with E-state index >= 15 is 8.78 Å². The third-order valence-corrected chi connectivity index (χ3v) is 6.21. The summed E-state index contributed by atoms with van der Waals surface area (Å²) in [6.45, 7) is 3.42. The smallest absolute Gasteiger partial charge is 0.332 e. The van der Waals surface area contributed by atoms with Crippen molar-refractivity contribution in [3.63, 3.8) is 0 Å². The molecule has 1 aliphatic rings. The van der Waals surface area contributed by atoms with Gasteiger partial charge in [0.2, 0.25) is 5.91 Å². The predicted molar refractivity (Wildman–Crippen MR) is 137 cm³/mol. The molecule has 0 bridgehead atoms. The van der Waals surface area contributed by atoms with Crippen LogP contribution in [-0.4, -0.2) is 58.8 Å². The second kappa shape index (κ2) is 10.8. The van der Waals surface area contributed by atoms with E-state index < -0.39 is 41.2 Å². The van der Waals surface area contributed by atoms with E-state index in [2.05, 4.69) is 21.8 Å². The van der Waals surface area contributed by atoms with Crippen LogP contribution in [-0.2, 0) is 9.59 Å². The van der Waals surface area contributed by atoms with E-state index in [1.807, 2.05) is 6.07 Å². The number of carbonyl (C=O) groups is 3. The Morgan fingerprint density at radius 2 is 1.74 bits per heavy atom. The quantitative estimate of drug-likeness (QED) is 0.366. The number of imide groups is 1. The molecule has 8 nitrogen and oxygen atoms in total. The van der Waals surface area contributed by atoms with Crippen LogP contribution in [0, 0.1) is 30.4 Å². The van der Waals surface area contributed by atoms with Crippen LogP contribution in [0.1, 0.15) is 30.2 Å². The van der Waals surface area contributed by atoms with Gasteiger partial charge in [-0.3, -0.25) is 9.78 Å². The van der Waals surface area contributed by atoms with Gasteiger partial charge in [0, 0.05) is 37.5 Å². The van der Waals surface area contributed by atoms with Crippen LogP contribution < -0.4 is 9.80 Å². The van der Waals surface area contributed by atoms with Crippen LogP contribution in [0.3, 0.4) is 0 Å². The van der Waals surface area contributed by atoms with Gasteiger partial charge < -0.3 is 14.6 Å². The number of halogens is 2. The molecule has 3 amide bonds. The number of aromatic nitrogens is 2. The van der Waals surface area contributed by atoms with Gasteiger partial charge in [-0.15, -0.1) is 0 Å². The van der Waals surface area contributed by atoms with Crippen LogP contribution in [0.25, 0.3) is 0 Å². The molecule has 1 fully saturated rings. The molecule has 0 radical (unpaired) electrons. The Kier molecular flexibility index (Phi) is 7.48. The van der Waals surface area contributed by atoms with E-state index in [1.165, 1.54) is 6.92 Å². The Hall–Kier alpha value is -4.65. The van der Waals surface area contributed by atoms with E-state index in [0.29, 0.717) is 28.3 Å². The van der Waals surface area contributed by atoms with Gasteiger partial charge in [-0.05, 0) is 38.1 Å². The normalized spacial score (nSPS) is 17.2.